The molecule has 0 amide bonds. The molecule has 0 spiro atoms. The van der Waals surface area contributed by atoms with Gasteiger partial charge in [-0.05, 0) is 6.92 Å². The Morgan fingerprint density at radius 1 is 1.00 bits per heavy atom. The highest BCUT2D eigenvalue weighted by molar-refractivity contribution is 5.95. The van der Waals surface area contributed by atoms with E-state index in [-0.39, 0.29) is 25.4 Å². The average molecular weight is 400 g/mol. The van der Waals surface area contributed by atoms with Gasteiger partial charge in [0.15, 0.2) is 11.5 Å². The van der Waals surface area contributed by atoms with Crippen LogP contribution in [-0.4, -0.2) is 57.8 Å². The van der Waals surface area contributed by atoms with Crippen LogP contribution in [0.4, 0.5) is 0 Å². The minimum Gasteiger partial charge on any atom is -0.489 e. The SMILES string of the molecule is C=C(C)C(=O)OCCOc1cc(OCC2CO2)c(OCC2CO2)c2ccccc12. The molecule has 0 radical (unpaired) electrons. The number of esters is 1. The summed E-state index contributed by atoms with van der Waals surface area (Å²) in [5.74, 6) is 1.46. The van der Waals surface area contributed by atoms with E-state index in [1.165, 1.54) is 0 Å². The van der Waals surface area contributed by atoms with Gasteiger partial charge >= 0.3 is 5.97 Å². The molecular formula is C22H24O7. The standard InChI is InChI=1S/C22H24O7/c1-14(2)22(23)25-8-7-24-19-9-20(28-12-15-10-26-15)21(29-13-16-11-27-16)18-6-4-3-5-17(18)19/h3-6,9,15-16H,1,7-8,10-13H2,2H3. The first-order chi connectivity index (χ1) is 14.1. The third-order valence-corrected chi connectivity index (χ3v) is 4.49. The van der Waals surface area contributed by atoms with E-state index in [0.29, 0.717) is 49.2 Å². The van der Waals surface area contributed by atoms with E-state index in [0.717, 1.165) is 10.8 Å². The van der Waals surface area contributed by atoms with Gasteiger partial charge < -0.3 is 28.4 Å². The van der Waals surface area contributed by atoms with Crippen LogP contribution in [0.2, 0.25) is 0 Å². The normalized spacial score (nSPS) is 19.5. The van der Waals surface area contributed by atoms with Gasteiger partial charge in [0.1, 0.15) is 44.4 Å². The largest absolute Gasteiger partial charge is 0.489 e. The van der Waals surface area contributed by atoms with Crippen LogP contribution in [0, 0.1) is 0 Å². The second kappa shape index (κ2) is 8.71. The highest BCUT2D eigenvalue weighted by atomic mass is 16.6. The van der Waals surface area contributed by atoms with Crippen LogP contribution in [0.1, 0.15) is 6.92 Å². The average Bonchev–Trinajstić information content (AvgIpc) is 3.62. The van der Waals surface area contributed by atoms with Crippen molar-refractivity contribution >= 4 is 16.7 Å². The fraction of sp³-hybridized carbons (Fsp3) is 0.409. The monoisotopic (exact) mass is 400 g/mol. The maximum absolute atomic E-state index is 11.5. The second-order valence-corrected chi connectivity index (χ2v) is 7.04. The van der Waals surface area contributed by atoms with Gasteiger partial charge in [-0.15, -0.1) is 0 Å². The predicted molar refractivity (Wildman–Crippen MR) is 106 cm³/mol. The number of hydrogen-bond acceptors (Lipinski definition) is 7. The van der Waals surface area contributed by atoms with Crippen molar-refractivity contribution in [2.24, 2.45) is 0 Å². The molecule has 29 heavy (non-hydrogen) atoms. The topological polar surface area (TPSA) is 79.1 Å². The van der Waals surface area contributed by atoms with Crippen LogP contribution >= 0.6 is 0 Å². The van der Waals surface area contributed by atoms with Crippen molar-refractivity contribution in [3.05, 3.63) is 42.5 Å². The molecule has 0 bridgehead atoms. The fourth-order valence-corrected chi connectivity index (χ4v) is 2.76. The summed E-state index contributed by atoms with van der Waals surface area (Å²) in [5, 5.41) is 1.77. The first-order valence-corrected chi connectivity index (χ1v) is 9.62. The molecule has 2 unspecified atom stereocenters. The van der Waals surface area contributed by atoms with Gasteiger partial charge in [-0.3, -0.25) is 0 Å². The lowest BCUT2D eigenvalue weighted by Crippen LogP contribution is -2.13. The summed E-state index contributed by atoms with van der Waals surface area (Å²) in [5.41, 5.74) is 0.356. The van der Waals surface area contributed by atoms with Gasteiger partial charge in [0.2, 0.25) is 0 Å². The number of carbonyl (C=O) groups excluding carboxylic acids is 1. The highest BCUT2D eigenvalue weighted by Gasteiger charge is 2.27. The van der Waals surface area contributed by atoms with E-state index >= 15 is 0 Å². The molecule has 7 heteroatoms. The summed E-state index contributed by atoms with van der Waals surface area (Å²) < 4.78 is 33.5. The Bertz CT molecular complexity index is 899. The van der Waals surface area contributed by atoms with Crippen LogP contribution in [0.3, 0.4) is 0 Å². The summed E-state index contributed by atoms with van der Waals surface area (Å²) in [6, 6.07) is 9.61. The zero-order chi connectivity index (χ0) is 20.2. The van der Waals surface area contributed by atoms with E-state index in [9.17, 15) is 4.79 Å². The van der Waals surface area contributed by atoms with Gasteiger partial charge in [-0.25, -0.2) is 4.79 Å². The van der Waals surface area contributed by atoms with Gasteiger partial charge in [0.25, 0.3) is 0 Å². The first-order valence-electron chi connectivity index (χ1n) is 9.62. The zero-order valence-electron chi connectivity index (χ0n) is 16.3. The van der Waals surface area contributed by atoms with Crippen molar-refractivity contribution in [3.8, 4) is 17.2 Å². The molecule has 2 aromatic carbocycles. The molecular weight excluding hydrogens is 376 g/mol. The summed E-state index contributed by atoms with van der Waals surface area (Å²) in [7, 11) is 0. The van der Waals surface area contributed by atoms with Gasteiger partial charge in [-0.1, -0.05) is 30.8 Å². The van der Waals surface area contributed by atoms with Crippen molar-refractivity contribution < 1.29 is 33.2 Å². The third kappa shape index (κ3) is 5.19. The summed E-state index contributed by atoms with van der Waals surface area (Å²) >= 11 is 0. The van der Waals surface area contributed by atoms with Crippen LogP contribution in [0.5, 0.6) is 17.2 Å². The van der Waals surface area contributed by atoms with Gasteiger partial charge in [0.05, 0.1) is 13.2 Å². The Morgan fingerprint density at radius 2 is 1.66 bits per heavy atom. The molecule has 2 aliphatic heterocycles. The number of fused-ring (bicyclic) bond motifs is 1. The minimum atomic E-state index is -0.432. The number of epoxide rings is 2. The Labute approximate surface area is 169 Å². The molecule has 2 atom stereocenters. The molecule has 2 heterocycles. The molecule has 2 saturated heterocycles. The van der Waals surface area contributed by atoms with Crippen molar-refractivity contribution in [2.45, 2.75) is 19.1 Å². The number of rotatable bonds is 11. The smallest absolute Gasteiger partial charge is 0.333 e. The maximum atomic E-state index is 11.5. The molecule has 154 valence electrons. The molecule has 2 aliphatic rings. The summed E-state index contributed by atoms with van der Waals surface area (Å²) in [4.78, 5) is 11.5. The molecule has 2 fully saturated rings. The number of carbonyl (C=O) groups is 1. The highest BCUT2D eigenvalue weighted by Crippen LogP contribution is 2.42. The van der Waals surface area contributed by atoms with Crippen LogP contribution in [-0.2, 0) is 19.0 Å². The van der Waals surface area contributed by atoms with Crippen LogP contribution < -0.4 is 14.2 Å². The number of benzene rings is 2. The van der Waals surface area contributed by atoms with Crippen molar-refractivity contribution in [1.82, 2.24) is 0 Å². The lowest BCUT2D eigenvalue weighted by atomic mass is 10.1. The first kappa shape index (κ1) is 19.5. The number of ether oxygens (including phenoxy) is 6. The lowest BCUT2D eigenvalue weighted by Gasteiger charge is -2.18. The molecule has 0 N–H and O–H groups in total. The quantitative estimate of drug-likeness (QED) is 0.248. The zero-order valence-corrected chi connectivity index (χ0v) is 16.3. The van der Waals surface area contributed by atoms with Crippen LogP contribution in [0.15, 0.2) is 42.5 Å². The number of hydrogen-bond donors (Lipinski definition) is 0. The molecule has 0 aromatic heterocycles. The van der Waals surface area contributed by atoms with E-state index in [2.05, 4.69) is 6.58 Å². The summed E-state index contributed by atoms with van der Waals surface area (Å²) in [6.07, 6.45) is 0.249. The third-order valence-electron chi connectivity index (χ3n) is 4.49. The summed E-state index contributed by atoms with van der Waals surface area (Å²) in [6.45, 7) is 7.85. The van der Waals surface area contributed by atoms with Crippen molar-refractivity contribution in [2.75, 3.05) is 39.6 Å². The van der Waals surface area contributed by atoms with E-state index in [1.54, 1.807) is 6.92 Å². The fourth-order valence-electron chi connectivity index (χ4n) is 2.76. The Balaban J connectivity index is 1.54. The Hall–Kier alpha value is -2.77. The van der Waals surface area contributed by atoms with Crippen LogP contribution in [0.25, 0.3) is 10.8 Å². The Kier molecular flexibility index (Phi) is 5.87. The van der Waals surface area contributed by atoms with Gasteiger partial charge in [0, 0.05) is 22.4 Å². The van der Waals surface area contributed by atoms with E-state index in [1.807, 2.05) is 30.3 Å². The molecule has 0 aliphatic carbocycles. The second-order valence-electron chi connectivity index (χ2n) is 7.04. The van der Waals surface area contributed by atoms with Crippen molar-refractivity contribution in [3.63, 3.8) is 0 Å². The maximum Gasteiger partial charge on any atom is 0.333 e. The molecule has 4 rings (SSSR count). The molecule has 2 aromatic rings. The minimum absolute atomic E-state index is 0.118. The molecule has 7 nitrogen and oxygen atoms in total. The van der Waals surface area contributed by atoms with E-state index < -0.39 is 5.97 Å². The van der Waals surface area contributed by atoms with E-state index in [4.69, 9.17) is 28.4 Å². The predicted octanol–water partition coefficient (Wildman–Crippen LogP) is 2.89. The van der Waals surface area contributed by atoms with Gasteiger partial charge in [-0.2, -0.15) is 0 Å². The molecule has 0 saturated carbocycles. The lowest BCUT2D eigenvalue weighted by molar-refractivity contribution is -0.139. The Morgan fingerprint density at radius 3 is 2.31 bits per heavy atom. The van der Waals surface area contributed by atoms with Crippen molar-refractivity contribution in [1.29, 1.82) is 0 Å².